The predicted octanol–water partition coefficient (Wildman–Crippen LogP) is 0.651. The van der Waals surface area contributed by atoms with Crippen molar-refractivity contribution in [1.29, 1.82) is 0 Å². The molecule has 0 saturated carbocycles. The van der Waals surface area contributed by atoms with E-state index in [0.717, 1.165) is 29.3 Å². The Balaban J connectivity index is 2.14. The van der Waals surface area contributed by atoms with Crippen LogP contribution >= 0.6 is 0 Å². The van der Waals surface area contributed by atoms with Crippen LogP contribution in [0.25, 0.3) is 0 Å². The minimum atomic E-state index is 0.651. The first-order valence-corrected chi connectivity index (χ1v) is 5.16. The lowest BCUT2D eigenvalue weighted by atomic mass is 10.2. The van der Waals surface area contributed by atoms with Crippen LogP contribution in [0.3, 0.4) is 0 Å². The third kappa shape index (κ3) is 2.11. The van der Waals surface area contributed by atoms with Crippen LogP contribution in [0.1, 0.15) is 22.7 Å². The van der Waals surface area contributed by atoms with Gasteiger partial charge in [0.05, 0.1) is 24.1 Å². The summed E-state index contributed by atoms with van der Waals surface area (Å²) >= 11 is 0. The first-order chi connectivity index (χ1) is 7.70. The largest absolute Gasteiger partial charge is 0.361 e. The SMILES string of the molecule is CNCc1cn(Cc2c(C)noc2C)nn1. The fourth-order valence-electron chi connectivity index (χ4n) is 1.57. The maximum Gasteiger partial charge on any atom is 0.138 e. The summed E-state index contributed by atoms with van der Waals surface area (Å²) in [5.41, 5.74) is 2.90. The zero-order valence-electron chi connectivity index (χ0n) is 9.69. The molecule has 0 aliphatic carbocycles. The first-order valence-electron chi connectivity index (χ1n) is 5.16. The van der Waals surface area contributed by atoms with Gasteiger partial charge >= 0.3 is 0 Å². The Morgan fingerprint density at radius 2 is 2.25 bits per heavy atom. The highest BCUT2D eigenvalue weighted by Gasteiger charge is 2.10. The van der Waals surface area contributed by atoms with E-state index in [1.54, 1.807) is 4.68 Å². The minimum absolute atomic E-state index is 0.651. The van der Waals surface area contributed by atoms with Crippen molar-refractivity contribution in [2.75, 3.05) is 7.05 Å². The monoisotopic (exact) mass is 221 g/mol. The molecule has 86 valence electrons. The standard InChI is InChI=1S/C10H15N5O/c1-7-10(8(2)16-13-7)6-15-5-9(4-11-3)12-14-15/h5,11H,4,6H2,1-3H3. The van der Waals surface area contributed by atoms with E-state index >= 15 is 0 Å². The van der Waals surface area contributed by atoms with Gasteiger partial charge in [-0.3, -0.25) is 0 Å². The Morgan fingerprint density at radius 3 is 2.88 bits per heavy atom. The van der Waals surface area contributed by atoms with Gasteiger partial charge in [0.2, 0.25) is 0 Å². The highest BCUT2D eigenvalue weighted by atomic mass is 16.5. The van der Waals surface area contributed by atoms with Gasteiger partial charge < -0.3 is 9.84 Å². The summed E-state index contributed by atoms with van der Waals surface area (Å²) in [6.07, 6.45) is 1.92. The number of nitrogens with zero attached hydrogens (tertiary/aromatic N) is 4. The number of hydrogen-bond acceptors (Lipinski definition) is 5. The van der Waals surface area contributed by atoms with Gasteiger partial charge in [0, 0.05) is 12.1 Å². The van der Waals surface area contributed by atoms with Crippen LogP contribution in [0.4, 0.5) is 0 Å². The van der Waals surface area contributed by atoms with Gasteiger partial charge in [-0.25, -0.2) is 4.68 Å². The molecule has 2 rings (SSSR count). The van der Waals surface area contributed by atoms with Crippen LogP contribution in [0.15, 0.2) is 10.7 Å². The third-order valence-electron chi connectivity index (χ3n) is 2.45. The molecule has 0 fully saturated rings. The molecule has 2 heterocycles. The predicted molar refractivity (Wildman–Crippen MR) is 57.9 cm³/mol. The lowest BCUT2D eigenvalue weighted by molar-refractivity contribution is 0.391. The number of hydrogen-bond donors (Lipinski definition) is 1. The lowest BCUT2D eigenvalue weighted by Crippen LogP contribution is -2.05. The molecule has 0 unspecified atom stereocenters. The molecule has 0 aliphatic rings. The Labute approximate surface area is 93.6 Å². The van der Waals surface area contributed by atoms with Crippen LogP contribution < -0.4 is 5.32 Å². The number of rotatable bonds is 4. The van der Waals surface area contributed by atoms with Crippen molar-refractivity contribution in [3.8, 4) is 0 Å². The second kappa shape index (κ2) is 4.44. The molecule has 0 atom stereocenters. The molecule has 1 N–H and O–H groups in total. The third-order valence-corrected chi connectivity index (χ3v) is 2.45. The van der Waals surface area contributed by atoms with Crippen LogP contribution in [-0.4, -0.2) is 27.2 Å². The van der Waals surface area contributed by atoms with Crippen molar-refractivity contribution in [3.05, 3.63) is 28.9 Å². The number of aromatic nitrogens is 4. The first kappa shape index (κ1) is 10.8. The summed E-state index contributed by atoms with van der Waals surface area (Å²) in [5, 5.41) is 15.0. The second-order valence-electron chi connectivity index (χ2n) is 3.74. The van der Waals surface area contributed by atoms with Gasteiger partial charge in [-0.05, 0) is 20.9 Å². The van der Waals surface area contributed by atoms with Crippen LogP contribution in [0.2, 0.25) is 0 Å². The van der Waals surface area contributed by atoms with Crippen molar-refractivity contribution in [2.24, 2.45) is 0 Å². The molecule has 0 aromatic carbocycles. The van der Waals surface area contributed by atoms with E-state index < -0.39 is 0 Å². The Bertz CT molecular complexity index is 454. The van der Waals surface area contributed by atoms with Crippen LogP contribution in [0.5, 0.6) is 0 Å². The normalized spacial score (nSPS) is 10.9. The Morgan fingerprint density at radius 1 is 1.44 bits per heavy atom. The molecule has 2 aromatic heterocycles. The van der Waals surface area contributed by atoms with Crippen molar-refractivity contribution in [3.63, 3.8) is 0 Å². The molecule has 6 heteroatoms. The number of aryl methyl sites for hydroxylation is 2. The molecular weight excluding hydrogens is 206 g/mol. The van der Waals surface area contributed by atoms with Gasteiger partial charge in [0.25, 0.3) is 0 Å². The lowest BCUT2D eigenvalue weighted by Gasteiger charge is -1.98. The average molecular weight is 221 g/mol. The van der Waals surface area contributed by atoms with Crippen molar-refractivity contribution >= 4 is 0 Å². The highest BCUT2D eigenvalue weighted by molar-refractivity contribution is 5.20. The summed E-state index contributed by atoms with van der Waals surface area (Å²) in [6, 6.07) is 0. The van der Waals surface area contributed by atoms with Crippen molar-refractivity contribution in [2.45, 2.75) is 26.9 Å². The molecule has 0 aliphatic heterocycles. The summed E-state index contributed by atoms with van der Waals surface area (Å²) in [7, 11) is 1.88. The summed E-state index contributed by atoms with van der Waals surface area (Å²) < 4.78 is 6.89. The minimum Gasteiger partial charge on any atom is -0.361 e. The fraction of sp³-hybridized carbons (Fsp3) is 0.500. The topological polar surface area (TPSA) is 68.8 Å². The summed E-state index contributed by atoms with van der Waals surface area (Å²) in [4.78, 5) is 0. The number of nitrogens with one attached hydrogen (secondary N) is 1. The molecule has 6 nitrogen and oxygen atoms in total. The molecule has 0 radical (unpaired) electrons. The highest BCUT2D eigenvalue weighted by Crippen LogP contribution is 2.13. The maximum absolute atomic E-state index is 5.10. The fourth-order valence-corrected chi connectivity index (χ4v) is 1.57. The van der Waals surface area contributed by atoms with Crippen molar-refractivity contribution in [1.82, 2.24) is 25.5 Å². The summed E-state index contributed by atoms with van der Waals surface area (Å²) in [5.74, 6) is 0.836. The van der Waals surface area contributed by atoms with E-state index in [1.165, 1.54) is 0 Å². The van der Waals surface area contributed by atoms with E-state index in [0.29, 0.717) is 6.54 Å². The van der Waals surface area contributed by atoms with Crippen molar-refractivity contribution < 1.29 is 4.52 Å². The smallest absolute Gasteiger partial charge is 0.138 e. The zero-order valence-corrected chi connectivity index (χ0v) is 9.69. The molecule has 0 saturated heterocycles. The quantitative estimate of drug-likeness (QED) is 0.821. The van der Waals surface area contributed by atoms with Gasteiger partial charge in [-0.15, -0.1) is 5.10 Å². The maximum atomic E-state index is 5.10. The Hall–Kier alpha value is -1.69. The van der Waals surface area contributed by atoms with Gasteiger partial charge in [0.1, 0.15) is 5.76 Å². The molecule has 16 heavy (non-hydrogen) atoms. The molecule has 0 amide bonds. The van der Waals surface area contributed by atoms with E-state index in [1.807, 2.05) is 27.1 Å². The van der Waals surface area contributed by atoms with E-state index in [2.05, 4.69) is 20.8 Å². The summed E-state index contributed by atoms with van der Waals surface area (Å²) in [6.45, 7) is 5.21. The van der Waals surface area contributed by atoms with E-state index in [9.17, 15) is 0 Å². The van der Waals surface area contributed by atoms with Crippen LogP contribution in [0, 0.1) is 13.8 Å². The molecule has 0 bridgehead atoms. The van der Waals surface area contributed by atoms with Gasteiger partial charge in [-0.1, -0.05) is 10.4 Å². The second-order valence-corrected chi connectivity index (χ2v) is 3.74. The molecular formula is C10H15N5O. The van der Waals surface area contributed by atoms with Gasteiger partial charge in [-0.2, -0.15) is 0 Å². The average Bonchev–Trinajstić information content (AvgIpc) is 2.81. The Kier molecular flexibility index (Phi) is 3.00. The van der Waals surface area contributed by atoms with Gasteiger partial charge in [0.15, 0.2) is 0 Å². The van der Waals surface area contributed by atoms with E-state index in [-0.39, 0.29) is 0 Å². The van der Waals surface area contributed by atoms with Crippen LogP contribution in [-0.2, 0) is 13.1 Å². The van der Waals surface area contributed by atoms with E-state index in [4.69, 9.17) is 4.52 Å². The zero-order chi connectivity index (χ0) is 11.5. The molecule has 0 spiro atoms. The molecule has 2 aromatic rings.